The number of unbranched alkanes of at least 4 members (excludes halogenated alkanes) is 21. The molecular formula is C56H102N2O7P+. The summed E-state index contributed by atoms with van der Waals surface area (Å²) in [6.07, 6.45) is 57.5. The normalized spacial score (nSPS) is 14.5. The molecule has 0 aliphatic carbocycles. The van der Waals surface area contributed by atoms with Gasteiger partial charge < -0.3 is 19.4 Å². The average Bonchev–Trinajstić information content (AvgIpc) is 3.27. The fraction of sp³-hybridized carbons (Fsp3) is 0.750. The van der Waals surface area contributed by atoms with Gasteiger partial charge in [0.15, 0.2) is 0 Å². The maximum atomic E-state index is 13.4. The molecule has 382 valence electrons. The van der Waals surface area contributed by atoms with E-state index in [2.05, 4.69) is 86.8 Å². The monoisotopic (exact) mass is 946 g/mol. The second-order valence-electron chi connectivity index (χ2n) is 19.0. The summed E-state index contributed by atoms with van der Waals surface area (Å²) in [5.74, 6) is -0.557. The number of nitrogens with zero attached hydrogens (tertiary/aromatic N) is 1. The lowest BCUT2D eigenvalue weighted by atomic mass is 10.0. The Bertz CT molecular complexity index is 1370. The number of carbonyl (C=O) groups excluding carboxylic acids is 2. The van der Waals surface area contributed by atoms with Gasteiger partial charge in [0, 0.05) is 12.8 Å². The molecular weight excluding hydrogens is 844 g/mol. The number of ether oxygens (including phenoxy) is 1. The van der Waals surface area contributed by atoms with Gasteiger partial charge in [-0.25, -0.2) is 4.57 Å². The van der Waals surface area contributed by atoms with E-state index in [0.717, 1.165) is 109 Å². The number of rotatable bonds is 47. The smallest absolute Gasteiger partial charge is 0.456 e. The van der Waals surface area contributed by atoms with Crippen molar-refractivity contribution >= 4 is 19.7 Å². The molecule has 66 heavy (non-hydrogen) atoms. The molecule has 0 aliphatic rings. The minimum atomic E-state index is -4.45. The van der Waals surface area contributed by atoms with Crippen molar-refractivity contribution in [3.8, 4) is 0 Å². The molecule has 0 bridgehead atoms. The molecule has 0 radical (unpaired) electrons. The highest BCUT2D eigenvalue weighted by molar-refractivity contribution is 7.47. The first-order chi connectivity index (χ1) is 31.9. The SMILES string of the molecule is CC/C=C/C/C=C/C/C=C/C/C=C/CCCCCC(=O)NC(COP(=O)(O)OCC[N+](C)(C)C)C(/C=C/CCCCCCCCCCCCC)OC(=O)CCCCCCC/C=C\CCCC. The zero-order chi connectivity index (χ0) is 48.7. The Kier molecular flexibility index (Phi) is 44.4. The zero-order valence-electron chi connectivity index (χ0n) is 43.4. The summed E-state index contributed by atoms with van der Waals surface area (Å²) in [6, 6.07) is -0.868. The second-order valence-corrected chi connectivity index (χ2v) is 20.5. The van der Waals surface area contributed by atoms with Crippen LogP contribution in [0, 0.1) is 0 Å². The summed E-state index contributed by atoms with van der Waals surface area (Å²) >= 11 is 0. The van der Waals surface area contributed by atoms with Crippen LogP contribution in [0.4, 0.5) is 0 Å². The number of esters is 1. The summed E-state index contributed by atoms with van der Waals surface area (Å²) in [7, 11) is 1.46. The van der Waals surface area contributed by atoms with Crippen molar-refractivity contribution < 1.29 is 37.3 Å². The van der Waals surface area contributed by atoms with Crippen LogP contribution in [0.2, 0.25) is 0 Å². The van der Waals surface area contributed by atoms with Crippen LogP contribution in [-0.2, 0) is 27.9 Å². The molecule has 1 amide bonds. The molecule has 0 aliphatic heterocycles. The highest BCUT2D eigenvalue weighted by Crippen LogP contribution is 2.43. The van der Waals surface area contributed by atoms with E-state index in [1.54, 1.807) is 0 Å². The van der Waals surface area contributed by atoms with Gasteiger partial charge in [0.1, 0.15) is 19.3 Å². The summed E-state index contributed by atoms with van der Waals surface area (Å²) in [4.78, 5) is 37.4. The lowest BCUT2D eigenvalue weighted by molar-refractivity contribution is -0.870. The highest BCUT2D eigenvalue weighted by Gasteiger charge is 2.30. The molecule has 0 aromatic carbocycles. The number of allylic oxidation sites excluding steroid dienone is 11. The van der Waals surface area contributed by atoms with Crippen molar-refractivity contribution in [3.05, 3.63) is 72.9 Å². The van der Waals surface area contributed by atoms with Gasteiger partial charge in [0.25, 0.3) is 0 Å². The fourth-order valence-corrected chi connectivity index (χ4v) is 7.94. The van der Waals surface area contributed by atoms with Gasteiger partial charge in [-0.05, 0) is 89.5 Å². The lowest BCUT2D eigenvalue weighted by Gasteiger charge is -2.27. The number of phosphoric ester groups is 1. The van der Waals surface area contributed by atoms with Crippen LogP contribution in [0.1, 0.15) is 220 Å². The maximum Gasteiger partial charge on any atom is 0.472 e. The molecule has 0 fully saturated rings. The average molecular weight is 946 g/mol. The highest BCUT2D eigenvalue weighted by atomic mass is 31.2. The zero-order valence-corrected chi connectivity index (χ0v) is 44.3. The molecule has 3 unspecified atom stereocenters. The molecule has 0 aromatic rings. The third-order valence-corrected chi connectivity index (χ3v) is 12.4. The Hall–Kier alpha value is -2.55. The lowest BCUT2D eigenvalue weighted by Crippen LogP contribution is -2.47. The number of carbonyl (C=O) groups is 2. The number of amides is 1. The van der Waals surface area contributed by atoms with E-state index in [1.165, 1.54) is 70.6 Å². The van der Waals surface area contributed by atoms with E-state index < -0.39 is 20.0 Å². The quantitative estimate of drug-likeness (QED) is 0.0205. The van der Waals surface area contributed by atoms with E-state index in [4.69, 9.17) is 13.8 Å². The van der Waals surface area contributed by atoms with E-state index in [0.29, 0.717) is 23.9 Å². The van der Waals surface area contributed by atoms with Crippen LogP contribution in [0.15, 0.2) is 72.9 Å². The molecule has 0 spiro atoms. The minimum Gasteiger partial charge on any atom is -0.456 e. The van der Waals surface area contributed by atoms with Crippen molar-refractivity contribution in [3.63, 3.8) is 0 Å². The van der Waals surface area contributed by atoms with E-state index in [1.807, 2.05) is 33.3 Å². The Morgan fingerprint density at radius 3 is 1.53 bits per heavy atom. The molecule has 2 N–H and O–H groups in total. The third kappa shape index (κ3) is 46.6. The molecule has 3 atom stereocenters. The van der Waals surface area contributed by atoms with Crippen LogP contribution >= 0.6 is 7.82 Å². The fourth-order valence-electron chi connectivity index (χ4n) is 7.20. The van der Waals surface area contributed by atoms with Crippen LogP contribution in [-0.4, -0.2) is 74.3 Å². The van der Waals surface area contributed by atoms with Gasteiger partial charge in [-0.15, -0.1) is 0 Å². The predicted octanol–water partition coefficient (Wildman–Crippen LogP) is 15.7. The minimum absolute atomic E-state index is 0.0299. The van der Waals surface area contributed by atoms with E-state index in [-0.39, 0.29) is 31.5 Å². The summed E-state index contributed by atoms with van der Waals surface area (Å²) in [5, 5.41) is 3.02. The van der Waals surface area contributed by atoms with Crippen molar-refractivity contribution in [1.29, 1.82) is 0 Å². The van der Waals surface area contributed by atoms with Gasteiger partial charge in [0.05, 0.1) is 33.8 Å². The number of hydrogen-bond acceptors (Lipinski definition) is 6. The molecule has 10 heteroatoms. The topological polar surface area (TPSA) is 111 Å². The molecule has 9 nitrogen and oxygen atoms in total. The largest absolute Gasteiger partial charge is 0.472 e. The Balaban J connectivity index is 5.49. The van der Waals surface area contributed by atoms with Crippen LogP contribution < -0.4 is 5.32 Å². The van der Waals surface area contributed by atoms with Gasteiger partial charge >= 0.3 is 13.8 Å². The van der Waals surface area contributed by atoms with E-state index >= 15 is 0 Å². The number of likely N-dealkylation sites (N-methyl/N-ethyl adjacent to an activating group) is 1. The molecule has 0 saturated carbocycles. The Morgan fingerprint density at radius 1 is 0.545 bits per heavy atom. The van der Waals surface area contributed by atoms with Gasteiger partial charge in [-0.2, -0.15) is 0 Å². The van der Waals surface area contributed by atoms with Gasteiger partial charge in [0.2, 0.25) is 5.91 Å². The first kappa shape index (κ1) is 63.5. The first-order valence-corrected chi connectivity index (χ1v) is 28.3. The van der Waals surface area contributed by atoms with Crippen LogP contribution in [0.3, 0.4) is 0 Å². The van der Waals surface area contributed by atoms with Crippen LogP contribution in [0.25, 0.3) is 0 Å². The summed E-state index contributed by atoms with van der Waals surface area (Å²) in [5.41, 5.74) is 0. The number of nitrogens with one attached hydrogen (secondary N) is 1. The molecule has 0 aromatic heterocycles. The second kappa shape index (κ2) is 46.2. The van der Waals surface area contributed by atoms with Crippen molar-refractivity contribution in [2.45, 2.75) is 232 Å². The van der Waals surface area contributed by atoms with Crippen molar-refractivity contribution in [2.24, 2.45) is 0 Å². The Morgan fingerprint density at radius 2 is 0.985 bits per heavy atom. The van der Waals surface area contributed by atoms with E-state index in [9.17, 15) is 19.0 Å². The maximum absolute atomic E-state index is 13.4. The molecule has 0 heterocycles. The Labute approximate surface area is 406 Å². The summed E-state index contributed by atoms with van der Waals surface area (Å²) in [6.45, 7) is 6.81. The van der Waals surface area contributed by atoms with Gasteiger partial charge in [-0.1, -0.05) is 190 Å². The predicted molar refractivity (Wildman–Crippen MR) is 281 cm³/mol. The first-order valence-electron chi connectivity index (χ1n) is 26.8. The number of quaternary nitrogens is 1. The summed E-state index contributed by atoms with van der Waals surface area (Å²) < 4.78 is 30.5. The number of hydrogen-bond donors (Lipinski definition) is 2. The van der Waals surface area contributed by atoms with Crippen molar-refractivity contribution in [2.75, 3.05) is 40.9 Å². The third-order valence-electron chi connectivity index (χ3n) is 11.4. The van der Waals surface area contributed by atoms with Crippen LogP contribution in [0.5, 0.6) is 0 Å². The van der Waals surface area contributed by atoms with Gasteiger partial charge in [-0.3, -0.25) is 18.6 Å². The van der Waals surface area contributed by atoms with Crippen molar-refractivity contribution in [1.82, 2.24) is 5.32 Å². The molecule has 0 rings (SSSR count). The standard InChI is InChI=1S/C56H101N2O7P/c1-7-10-13-16-19-22-25-27-28-29-31-34-36-39-42-45-48-55(59)57-53(52-64-66(61,62)63-51-50-58(4,5)6)54(47-44-41-38-35-33-30-26-23-20-17-14-11-8-2)65-56(60)49-46-43-40-37-32-24-21-18-15-12-9-3/h10,13,18-19,21-22,27-28,31,34,44,47,53-54H,7-9,11-12,14-17,20,23-26,29-30,32-33,35-43,45-46,48-52H2,1-6H3,(H-,57,59,61,62)/p+1/b13-10+,21-18-,22-19+,28-27+,34-31+,47-44+. The number of phosphoric acid groups is 1. The molecule has 0 saturated heterocycles.